The number of halogens is 1. The molecule has 0 radical (unpaired) electrons. The van der Waals surface area contributed by atoms with Crippen LogP contribution in [0.4, 0.5) is 9.18 Å². The van der Waals surface area contributed by atoms with Gasteiger partial charge in [0.25, 0.3) is 0 Å². The Morgan fingerprint density at radius 3 is 2.59 bits per heavy atom. The molecule has 3 aliphatic carbocycles. The van der Waals surface area contributed by atoms with Crippen molar-refractivity contribution in [2.24, 2.45) is 40.4 Å². The summed E-state index contributed by atoms with van der Waals surface area (Å²) in [5.74, 6) is -0.685. The van der Waals surface area contributed by atoms with Gasteiger partial charge in [-0.2, -0.15) is 0 Å². The number of ketones is 1. The number of Topliss-reactive ketones (excluding diaryl/α,β-unsaturated/α-hetero) is 1. The third-order valence-electron chi connectivity index (χ3n) is 11.4. The predicted octanol–water partition coefficient (Wildman–Crippen LogP) is 3.11. The number of rotatable bonds is 5. The Morgan fingerprint density at radius 2 is 1.95 bits per heavy atom. The number of carbonyl (C=O) groups excluding carboxylic acids is 3. The lowest BCUT2D eigenvalue weighted by Crippen LogP contribution is -2.65. The van der Waals surface area contributed by atoms with Crippen molar-refractivity contribution in [2.45, 2.75) is 84.0 Å². The van der Waals surface area contributed by atoms with Crippen LogP contribution < -0.4 is 5.32 Å². The minimum atomic E-state index is -1.18. The lowest BCUT2D eigenvalue weighted by Gasteiger charge is -2.61. The molecule has 0 aromatic carbocycles. The van der Waals surface area contributed by atoms with Crippen molar-refractivity contribution in [2.75, 3.05) is 32.9 Å². The number of nitrogens with one attached hydrogen (secondary N) is 1. The SMILES string of the molecule is C[C@@H]1CCC23CCC(=O)C2[C@]1(C)[C@H](OC(=O)NC(=O)[C@H]1CN2CCC1C2)C[C@@](C)(OCCF)[C@@H](O)[C@@H]3C. The van der Waals surface area contributed by atoms with Gasteiger partial charge in [0.15, 0.2) is 0 Å². The molecule has 2 amide bonds. The number of aliphatic hydroxyl groups is 1. The first-order valence-electron chi connectivity index (χ1n) is 14.1. The average molecular weight is 523 g/mol. The van der Waals surface area contributed by atoms with Crippen molar-refractivity contribution in [1.82, 2.24) is 10.2 Å². The number of alkyl carbamates (subject to hydrolysis) is 1. The van der Waals surface area contributed by atoms with E-state index in [4.69, 9.17) is 9.47 Å². The van der Waals surface area contributed by atoms with Gasteiger partial charge >= 0.3 is 6.09 Å². The molecule has 3 saturated carbocycles. The Bertz CT molecular complexity index is 948. The number of piperidine rings is 1. The minimum absolute atomic E-state index is 0.0624. The Morgan fingerprint density at radius 1 is 1.19 bits per heavy atom. The lowest BCUT2D eigenvalue weighted by atomic mass is 9.45. The molecule has 0 aromatic heterocycles. The maximum absolute atomic E-state index is 13.5. The number of imide groups is 1. The zero-order chi connectivity index (χ0) is 26.8. The van der Waals surface area contributed by atoms with Crippen LogP contribution in [0.2, 0.25) is 0 Å². The molecule has 0 spiro atoms. The first kappa shape index (κ1) is 27.0. The maximum atomic E-state index is 13.5. The molecule has 4 unspecified atom stereocenters. The molecule has 5 aliphatic rings. The molecule has 2 heterocycles. The van der Waals surface area contributed by atoms with E-state index in [1.165, 1.54) is 0 Å². The highest BCUT2D eigenvalue weighted by Gasteiger charge is 2.68. The van der Waals surface area contributed by atoms with Crippen molar-refractivity contribution in [3.63, 3.8) is 0 Å². The van der Waals surface area contributed by atoms with E-state index in [0.29, 0.717) is 19.4 Å². The van der Waals surface area contributed by atoms with Gasteiger partial charge in [-0.05, 0) is 62.3 Å². The predicted molar refractivity (Wildman–Crippen MR) is 133 cm³/mol. The Labute approximate surface area is 219 Å². The molecule has 37 heavy (non-hydrogen) atoms. The fraction of sp³-hybridized carbons (Fsp3) is 0.893. The van der Waals surface area contributed by atoms with Gasteiger partial charge in [-0.25, -0.2) is 9.18 Å². The lowest BCUT2D eigenvalue weighted by molar-refractivity contribution is -0.228. The molecule has 5 rings (SSSR count). The molecule has 2 saturated heterocycles. The summed E-state index contributed by atoms with van der Waals surface area (Å²) < 4.78 is 25.3. The molecular formula is C28H43FN2O6. The quantitative estimate of drug-likeness (QED) is 0.572. The summed E-state index contributed by atoms with van der Waals surface area (Å²) in [6.07, 6.45) is 1.24. The van der Waals surface area contributed by atoms with Gasteiger partial charge in [-0.3, -0.25) is 14.9 Å². The van der Waals surface area contributed by atoms with Crippen molar-refractivity contribution in [3.8, 4) is 0 Å². The number of carbonyl (C=O) groups is 3. The van der Waals surface area contributed by atoms with Crippen LogP contribution in [-0.2, 0) is 19.1 Å². The van der Waals surface area contributed by atoms with Crippen LogP contribution in [0.25, 0.3) is 0 Å². The second-order valence-corrected chi connectivity index (χ2v) is 13.0. The van der Waals surface area contributed by atoms with E-state index in [9.17, 15) is 23.9 Å². The molecular weight excluding hydrogens is 479 g/mol. The van der Waals surface area contributed by atoms with Crippen LogP contribution in [0.3, 0.4) is 0 Å². The fourth-order valence-electron chi connectivity index (χ4n) is 9.07. The largest absolute Gasteiger partial charge is 0.445 e. The second kappa shape index (κ2) is 9.56. The van der Waals surface area contributed by atoms with E-state index < -0.39 is 41.4 Å². The third kappa shape index (κ3) is 4.15. The topological polar surface area (TPSA) is 105 Å². The number of fused-ring (bicyclic) bond motifs is 2. The smallest absolute Gasteiger partial charge is 0.414 e. The summed E-state index contributed by atoms with van der Waals surface area (Å²) in [4.78, 5) is 41.9. The average Bonchev–Trinajstić information content (AvgIpc) is 3.59. The number of nitrogens with zero attached hydrogens (tertiary/aromatic N) is 1. The van der Waals surface area contributed by atoms with Gasteiger partial charge in [0.05, 0.1) is 24.2 Å². The molecule has 0 aromatic rings. The molecule has 5 fully saturated rings. The molecule has 8 nitrogen and oxygen atoms in total. The summed E-state index contributed by atoms with van der Waals surface area (Å²) in [6.45, 7) is 9.52. The number of hydrogen-bond acceptors (Lipinski definition) is 7. The summed E-state index contributed by atoms with van der Waals surface area (Å²) in [5.41, 5.74) is -2.33. The first-order valence-corrected chi connectivity index (χ1v) is 14.1. The normalized spacial score (nSPS) is 48.8. The second-order valence-electron chi connectivity index (χ2n) is 13.0. The highest BCUT2D eigenvalue weighted by molar-refractivity contribution is 5.93. The summed E-state index contributed by atoms with van der Waals surface area (Å²) in [5, 5.41) is 14.1. The van der Waals surface area contributed by atoms with Crippen molar-refractivity contribution >= 4 is 17.8 Å². The van der Waals surface area contributed by atoms with E-state index in [-0.39, 0.29) is 54.3 Å². The van der Waals surface area contributed by atoms with Crippen LogP contribution in [0.1, 0.15) is 66.2 Å². The fourth-order valence-corrected chi connectivity index (χ4v) is 9.07. The van der Waals surface area contributed by atoms with Crippen LogP contribution in [0, 0.1) is 40.4 Å². The van der Waals surface area contributed by atoms with Gasteiger partial charge in [-0.15, -0.1) is 0 Å². The van der Waals surface area contributed by atoms with Crippen molar-refractivity contribution in [1.29, 1.82) is 0 Å². The minimum Gasteiger partial charge on any atom is -0.445 e. The van der Waals surface area contributed by atoms with Crippen LogP contribution in [0.5, 0.6) is 0 Å². The van der Waals surface area contributed by atoms with Gasteiger partial charge < -0.3 is 19.5 Å². The number of amides is 2. The maximum Gasteiger partial charge on any atom is 0.414 e. The summed E-state index contributed by atoms with van der Waals surface area (Å²) in [6, 6.07) is 0. The Balaban J connectivity index is 1.46. The van der Waals surface area contributed by atoms with E-state index in [1.54, 1.807) is 6.92 Å². The Hall–Kier alpha value is -1.58. The first-order chi connectivity index (χ1) is 17.5. The zero-order valence-electron chi connectivity index (χ0n) is 22.6. The number of hydrogen-bond donors (Lipinski definition) is 2. The molecule has 2 aliphatic heterocycles. The summed E-state index contributed by atoms with van der Waals surface area (Å²) >= 11 is 0. The highest BCUT2D eigenvalue weighted by atomic mass is 19.1. The molecule has 4 bridgehead atoms. The van der Waals surface area contributed by atoms with Crippen molar-refractivity contribution in [3.05, 3.63) is 0 Å². The van der Waals surface area contributed by atoms with Crippen LogP contribution >= 0.6 is 0 Å². The van der Waals surface area contributed by atoms with Gasteiger partial charge in [0.1, 0.15) is 18.6 Å². The standard InChI is InChI=1S/C28H43FN2O6/c1-16-5-8-28-9-6-20(32)22(28)27(16,4)21(13-26(3,36-12-10-29)23(33)17(28)2)37-25(35)30-24(34)19-15-31-11-7-18(19)14-31/h16-19,21-23,33H,5-15H2,1-4H3,(H,30,34,35)/t16-,17+,18?,19+,21-,22?,23+,26-,27+,28?/m1/s1. The monoisotopic (exact) mass is 522 g/mol. The van der Waals surface area contributed by atoms with Crippen molar-refractivity contribution < 1.29 is 33.4 Å². The molecule has 9 heteroatoms. The number of alkyl halides is 1. The van der Waals surface area contributed by atoms with E-state index >= 15 is 0 Å². The van der Waals surface area contributed by atoms with Crippen LogP contribution in [0.15, 0.2) is 0 Å². The summed E-state index contributed by atoms with van der Waals surface area (Å²) in [7, 11) is 0. The highest BCUT2D eigenvalue weighted by Crippen LogP contribution is 2.67. The van der Waals surface area contributed by atoms with Gasteiger partial charge in [-0.1, -0.05) is 20.8 Å². The molecule has 2 N–H and O–H groups in total. The van der Waals surface area contributed by atoms with Gasteiger partial charge in [0.2, 0.25) is 5.91 Å². The Kier molecular flexibility index (Phi) is 6.98. The number of ether oxygens (including phenoxy) is 2. The zero-order valence-corrected chi connectivity index (χ0v) is 22.6. The van der Waals surface area contributed by atoms with Crippen LogP contribution in [-0.4, -0.2) is 78.5 Å². The van der Waals surface area contributed by atoms with Gasteiger partial charge in [0, 0.05) is 37.3 Å². The molecule has 11 atom stereocenters. The molecule has 208 valence electrons. The van der Waals surface area contributed by atoms with E-state index in [2.05, 4.69) is 17.1 Å². The third-order valence-corrected chi connectivity index (χ3v) is 11.4. The van der Waals surface area contributed by atoms with E-state index in [1.807, 2.05) is 13.8 Å². The number of aliphatic hydroxyl groups excluding tert-OH is 1. The van der Waals surface area contributed by atoms with E-state index in [0.717, 1.165) is 32.4 Å².